The molecule has 1 aliphatic heterocycles. The van der Waals surface area contributed by atoms with Crippen LogP contribution in [0.15, 0.2) is 85.2 Å². The van der Waals surface area contributed by atoms with Gasteiger partial charge in [-0.15, -0.1) is 0 Å². The summed E-state index contributed by atoms with van der Waals surface area (Å²) < 4.78 is 12.1. The van der Waals surface area contributed by atoms with E-state index in [-0.39, 0.29) is 0 Å². The van der Waals surface area contributed by atoms with Crippen LogP contribution < -0.4 is 4.74 Å². The summed E-state index contributed by atoms with van der Waals surface area (Å²) in [5, 5.41) is 1.80. The number of para-hydroxylation sites is 1. The topological polar surface area (TPSA) is 24.9 Å². The third kappa shape index (κ3) is 7.45. The SMILES string of the molecule is Clc1ccc(C(OCc2ccc(Cl)cc2Cl)C(Cl)N2C=CN(CCCOc3ccccc3)C2)cc1. The van der Waals surface area contributed by atoms with Gasteiger partial charge < -0.3 is 19.3 Å². The van der Waals surface area contributed by atoms with Crippen molar-refractivity contribution in [2.24, 2.45) is 0 Å². The molecule has 0 saturated heterocycles. The molecule has 3 aromatic rings. The van der Waals surface area contributed by atoms with Crippen molar-refractivity contribution >= 4 is 46.4 Å². The molecule has 35 heavy (non-hydrogen) atoms. The van der Waals surface area contributed by atoms with Gasteiger partial charge in [0.2, 0.25) is 0 Å². The fourth-order valence-electron chi connectivity index (χ4n) is 3.74. The summed E-state index contributed by atoms with van der Waals surface area (Å²) in [5.74, 6) is 0.885. The summed E-state index contributed by atoms with van der Waals surface area (Å²) in [5.41, 5.74) is 1.34. The molecular weight excluding hydrogens is 526 g/mol. The molecule has 0 amide bonds. The van der Waals surface area contributed by atoms with Gasteiger partial charge in [-0.2, -0.15) is 0 Å². The van der Waals surface area contributed by atoms with Crippen LogP contribution in [0, 0.1) is 0 Å². The maximum Gasteiger partial charge on any atom is 0.135 e. The van der Waals surface area contributed by atoms with E-state index >= 15 is 0 Å². The molecule has 1 aliphatic rings. The summed E-state index contributed by atoms with van der Waals surface area (Å²) in [4.78, 5) is 4.26. The van der Waals surface area contributed by atoms with Gasteiger partial charge in [0.15, 0.2) is 0 Å². The predicted octanol–water partition coefficient (Wildman–Crippen LogP) is 7.99. The summed E-state index contributed by atoms with van der Waals surface area (Å²) in [7, 11) is 0. The number of benzene rings is 3. The second-order valence-corrected chi connectivity index (χ2v) is 9.90. The smallest absolute Gasteiger partial charge is 0.135 e. The number of rotatable bonds is 11. The van der Waals surface area contributed by atoms with Crippen molar-refractivity contribution in [1.29, 1.82) is 0 Å². The molecule has 0 fully saturated rings. The molecule has 184 valence electrons. The molecule has 4 nitrogen and oxygen atoms in total. The Hall–Kier alpha value is -2.08. The first-order valence-electron chi connectivity index (χ1n) is 11.3. The molecule has 4 rings (SSSR count). The summed E-state index contributed by atoms with van der Waals surface area (Å²) >= 11 is 25.5. The summed E-state index contributed by atoms with van der Waals surface area (Å²) in [6, 6.07) is 22.8. The fraction of sp³-hybridized carbons (Fsp3) is 0.259. The highest BCUT2D eigenvalue weighted by Crippen LogP contribution is 2.33. The highest BCUT2D eigenvalue weighted by Gasteiger charge is 2.29. The van der Waals surface area contributed by atoms with Gasteiger partial charge in [0, 0.05) is 34.0 Å². The lowest BCUT2D eigenvalue weighted by Gasteiger charge is -2.31. The number of hydrogen-bond donors (Lipinski definition) is 0. The minimum Gasteiger partial charge on any atom is -0.494 e. The van der Waals surface area contributed by atoms with E-state index in [1.165, 1.54) is 0 Å². The van der Waals surface area contributed by atoms with E-state index in [1.807, 2.05) is 73.1 Å². The molecule has 0 bridgehead atoms. The molecule has 0 aromatic heterocycles. The number of alkyl halides is 1. The van der Waals surface area contributed by atoms with Crippen LogP contribution in [0.25, 0.3) is 0 Å². The van der Waals surface area contributed by atoms with Gasteiger partial charge in [-0.05, 0) is 53.9 Å². The largest absolute Gasteiger partial charge is 0.494 e. The molecule has 2 unspecified atom stereocenters. The Labute approximate surface area is 226 Å². The number of hydrogen-bond acceptors (Lipinski definition) is 4. The van der Waals surface area contributed by atoms with E-state index in [0.29, 0.717) is 35.0 Å². The van der Waals surface area contributed by atoms with Crippen molar-refractivity contribution < 1.29 is 9.47 Å². The van der Waals surface area contributed by atoms with Gasteiger partial charge in [0.1, 0.15) is 17.4 Å². The lowest BCUT2D eigenvalue weighted by Crippen LogP contribution is -2.36. The second kappa shape index (κ2) is 12.8. The van der Waals surface area contributed by atoms with Crippen molar-refractivity contribution in [2.75, 3.05) is 19.8 Å². The molecule has 0 saturated carbocycles. The maximum absolute atomic E-state index is 6.98. The minimum atomic E-state index is -0.441. The zero-order valence-electron chi connectivity index (χ0n) is 19.0. The summed E-state index contributed by atoms with van der Waals surface area (Å²) in [6.07, 6.45) is 4.53. The lowest BCUT2D eigenvalue weighted by molar-refractivity contribution is 0.00672. The van der Waals surface area contributed by atoms with E-state index in [4.69, 9.17) is 55.9 Å². The molecule has 0 N–H and O–H groups in total. The summed E-state index contributed by atoms with van der Waals surface area (Å²) in [6.45, 7) is 2.46. The Morgan fingerprint density at radius 1 is 0.857 bits per heavy atom. The molecular formula is C27H26Cl4N2O2. The zero-order valence-corrected chi connectivity index (χ0v) is 22.0. The number of halogens is 4. The monoisotopic (exact) mass is 550 g/mol. The molecule has 0 aliphatic carbocycles. The van der Waals surface area contributed by atoms with Gasteiger partial charge in [-0.25, -0.2) is 0 Å². The number of nitrogens with zero attached hydrogens (tertiary/aromatic N) is 2. The van der Waals surface area contributed by atoms with Crippen LogP contribution in [0.1, 0.15) is 23.7 Å². The third-order valence-corrected chi connectivity index (χ3v) is 6.93. The van der Waals surface area contributed by atoms with Crippen molar-refractivity contribution in [2.45, 2.75) is 24.6 Å². The van der Waals surface area contributed by atoms with Gasteiger partial charge in [-0.1, -0.05) is 82.8 Å². The standard InChI is InChI=1S/C27H26Cl4N2O2/c28-22-10-7-20(8-11-22)26(35-18-21-9-12-23(29)17-25(21)30)27(31)33-15-14-32(19-33)13-4-16-34-24-5-2-1-3-6-24/h1-3,5-12,14-15,17,26-27H,4,13,16,18-19H2. The minimum absolute atomic E-state index is 0.296. The Bertz CT molecular complexity index is 1110. The molecule has 1 heterocycles. The first kappa shape index (κ1) is 26.0. The molecule has 3 aromatic carbocycles. The maximum atomic E-state index is 6.98. The molecule has 8 heteroatoms. The Balaban J connectivity index is 1.35. The first-order valence-corrected chi connectivity index (χ1v) is 12.9. The van der Waals surface area contributed by atoms with E-state index in [1.54, 1.807) is 12.1 Å². The van der Waals surface area contributed by atoms with Crippen LogP contribution in [0.5, 0.6) is 5.75 Å². The van der Waals surface area contributed by atoms with Crippen molar-refractivity contribution in [3.63, 3.8) is 0 Å². The first-order chi connectivity index (χ1) is 17.0. The average molecular weight is 552 g/mol. The third-order valence-electron chi connectivity index (χ3n) is 5.61. The van der Waals surface area contributed by atoms with E-state index in [9.17, 15) is 0 Å². The predicted molar refractivity (Wildman–Crippen MR) is 144 cm³/mol. The van der Waals surface area contributed by atoms with Crippen LogP contribution in [0.2, 0.25) is 15.1 Å². The average Bonchev–Trinajstić information content (AvgIpc) is 3.34. The van der Waals surface area contributed by atoms with E-state index < -0.39 is 11.6 Å². The highest BCUT2D eigenvalue weighted by atomic mass is 35.5. The highest BCUT2D eigenvalue weighted by molar-refractivity contribution is 6.35. The van der Waals surface area contributed by atoms with Crippen molar-refractivity contribution in [1.82, 2.24) is 9.80 Å². The lowest BCUT2D eigenvalue weighted by atomic mass is 10.1. The van der Waals surface area contributed by atoms with Crippen LogP contribution in [-0.4, -0.2) is 35.1 Å². The molecule has 2 atom stereocenters. The quantitative estimate of drug-likeness (QED) is 0.137. The Morgan fingerprint density at radius 3 is 2.34 bits per heavy atom. The van der Waals surface area contributed by atoms with Gasteiger partial charge in [0.25, 0.3) is 0 Å². The Morgan fingerprint density at radius 2 is 1.60 bits per heavy atom. The van der Waals surface area contributed by atoms with E-state index in [2.05, 4.69) is 9.80 Å². The zero-order chi connectivity index (χ0) is 24.6. The van der Waals surface area contributed by atoms with Gasteiger partial charge >= 0.3 is 0 Å². The van der Waals surface area contributed by atoms with Crippen LogP contribution in [0.3, 0.4) is 0 Å². The number of ether oxygens (including phenoxy) is 2. The fourth-order valence-corrected chi connectivity index (χ4v) is 4.68. The van der Waals surface area contributed by atoms with Crippen LogP contribution in [0.4, 0.5) is 0 Å². The van der Waals surface area contributed by atoms with Gasteiger partial charge in [0.05, 0.1) is 19.9 Å². The van der Waals surface area contributed by atoms with E-state index in [0.717, 1.165) is 29.8 Å². The Kier molecular flexibility index (Phi) is 9.47. The van der Waals surface area contributed by atoms with Crippen LogP contribution >= 0.6 is 46.4 Å². The molecule has 0 radical (unpaired) electrons. The molecule has 0 spiro atoms. The van der Waals surface area contributed by atoms with Crippen molar-refractivity contribution in [3.8, 4) is 5.75 Å². The second-order valence-electron chi connectivity index (χ2n) is 8.17. The van der Waals surface area contributed by atoms with Crippen molar-refractivity contribution in [3.05, 3.63) is 111 Å². The normalized spacial score (nSPS) is 14.9. The van der Waals surface area contributed by atoms with Gasteiger partial charge in [-0.3, -0.25) is 0 Å². The van der Waals surface area contributed by atoms with Crippen LogP contribution in [-0.2, 0) is 11.3 Å².